The van der Waals surface area contributed by atoms with Gasteiger partial charge in [0.2, 0.25) is 5.60 Å². The highest BCUT2D eigenvalue weighted by Crippen LogP contribution is 2.46. The van der Waals surface area contributed by atoms with Gasteiger partial charge in [0.1, 0.15) is 65.9 Å². The van der Waals surface area contributed by atoms with Gasteiger partial charge >= 0.3 is 7.12 Å². The van der Waals surface area contributed by atoms with E-state index in [2.05, 4.69) is 405 Å². The Balaban J connectivity index is 0.000000101. The van der Waals surface area contributed by atoms with Crippen molar-refractivity contribution < 1.29 is 36.3 Å². The Morgan fingerprint density at radius 1 is 0.338 bits per heavy atom. The number of fused-ring (bicyclic) bond motifs is 21. The topological polar surface area (TPSA) is 148 Å². The number of para-hydroxylation sites is 6. The molecule has 0 bridgehead atoms. The fourth-order valence-corrected chi connectivity index (χ4v) is 24.1. The Morgan fingerprint density at radius 3 is 1.22 bits per heavy atom. The highest BCUT2D eigenvalue weighted by Gasteiger charge is 2.57. The summed E-state index contributed by atoms with van der Waals surface area (Å²) in [6.07, 6.45) is 0. The minimum Gasteiger partial charge on any atom is -0.456 e. The number of aromatic nitrogens is 2. The average Bonchev–Trinajstić information content (AvgIpc) is 1.56. The van der Waals surface area contributed by atoms with Gasteiger partial charge in [-0.1, -0.05) is 341 Å². The summed E-state index contributed by atoms with van der Waals surface area (Å²) in [5.74, 6) is 0. The van der Waals surface area contributed by atoms with E-state index >= 15 is 0 Å². The van der Waals surface area contributed by atoms with Crippen molar-refractivity contribution >= 4 is 330 Å². The zero-order valence-corrected chi connectivity index (χ0v) is 90.4. The van der Waals surface area contributed by atoms with Gasteiger partial charge in [-0.15, -0.1) is 0 Å². The van der Waals surface area contributed by atoms with E-state index in [1.165, 1.54) is 68.9 Å². The van der Waals surface area contributed by atoms with Gasteiger partial charge in [-0.25, -0.2) is 0 Å². The molecule has 0 radical (unpaired) electrons. The molecule has 0 aliphatic carbocycles. The molecule has 142 heavy (non-hydrogen) atoms. The summed E-state index contributed by atoms with van der Waals surface area (Å²) in [5.41, 5.74) is 17.2. The van der Waals surface area contributed by atoms with Crippen LogP contribution in [0.15, 0.2) is 478 Å². The first-order valence-corrected chi connectivity index (χ1v) is 53.4. The van der Waals surface area contributed by atoms with Gasteiger partial charge < -0.3 is 40.9 Å². The number of rotatable bonds is 7. The number of H-pyrrole nitrogens is 1. The van der Waals surface area contributed by atoms with Crippen LogP contribution < -0.4 is 21.4 Å². The van der Waals surface area contributed by atoms with Crippen LogP contribution in [0.4, 0.5) is 5.69 Å². The Hall–Kier alpha value is -12.4. The van der Waals surface area contributed by atoms with E-state index < -0.39 is 31.2 Å². The van der Waals surface area contributed by atoms with E-state index in [1.807, 2.05) is 172 Å². The summed E-state index contributed by atoms with van der Waals surface area (Å²) in [5, 5.41) is 30.8. The van der Waals surface area contributed by atoms with Gasteiger partial charge in [-0.05, 0) is 261 Å². The molecule has 1 unspecified atom stereocenters. The molecule has 8 heterocycles. The molecule has 12 nitrogen and oxygen atoms in total. The number of nitro groups is 1. The Morgan fingerprint density at radius 2 is 0.732 bits per heavy atom. The van der Waals surface area contributed by atoms with E-state index in [4.69, 9.17) is 31.4 Å². The molecular formula is C120H82BBr7IN3O9P+. The van der Waals surface area contributed by atoms with E-state index in [-0.39, 0.29) is 5.69 Å². The largest absolute Gasteiger partial charge is 0.498 e. The second-order valence-electron chi connectivity index (χ2n) is 34.3. The predicted octanol–water partition coefficient (Wildman–Crippen LogP) is 37.1. The third kappa shape index (κ3) is 20.4. The van der Waals surface area contributed by atoms with Crippen molar-refractivity contribution in [3.8, 4) is 16.8 Å². The highest BCUT2D eigenvalue weighted by molar-refractivity contribution is 14.1. The number of nitro benzene ring substituents is 1. The zero-order chi connectivity index (χ0) is 97.9. The number of halogens is 8. The third-order valence-corrected chi connectivity index (χ3v) is 33.2. The van der Waals surface area contributed by atoms with Crippen molar-refractivity contribution in [1.82, 2.24) is 9.55 Å². The molecule has 1 N–H and O–H groups in total. The SMILES string of the molecule is Brc1ccc2c(c1)oc1ccccc12.Brc1cccc(Br)c1-c1ccc2c(c1)oc1ccccc12.Brc1cccc2[nH]c3cc4c(cc3c12)oc1ccccc14.Brc1cccc2c1c1cc3oc4ccccc4c3cc1n2-c1ccccc1.Ic1ccccc1.O=[N+]([O-])c1cccc(Br)c1Br.[CH2+]C1(C)OB(c2ccc3c(c2)oc2ccccc23)OC1(C)C.c1ccc(P(c2ccccc2)c2ccccc2)cc1. The van der Waals surface area contributed by atoms with Crippen LogP contribution in [0.3, 0.4) is 0 Å². The van der Waals surface area contributed by atoms with Crippen LogP contribution in [0, 0.1) is 20.6 Å². The minimum atomic E-state index is -0.583. The van der Waals surface area contributed by atoms with Crippen molar-refractivity contribution in [2.24, 2.45) is 0 Å². The molecule has 26 aromatic rings. The molecule has 0 saturated carbocycles. The standard InChI is InChI=1S/C24H14BrNO.C18H18BO3.C18H10Br2O.C18H10BrNO.C18H15P.C12H7BrO.C6H3Br2NO2.C6H5I/c25-19-10-6-11-20-24(19)18-14-23-17(16-9-4-5-12-22(16)27-23)13-21(18)26(20)15-7-2-1-3-8-15;1-17(2)18(3,4)22-19(21-17)12-9-10-14-13-7-5-6-8-15(13)20-16(14)11-12;19-14-5-3-6-15(20)18(14)11-8-9-13-12-4-1-2-7-16(12)21-17(13)10-11;19-13-5-3-6-14-18(13)12-9-17-11(8-15(12)20-14)10-4-1-2-7-16(10)21-17;1-4-10-16(11-5-1)19(17-12-6-2-7-13-17)18-14-8-3-9-15-18;13-8-5-6-10-9-3-1-2-4-11(9)14-12(10)7-8;7-4-2-1-3-5(6(4)8)9(10)11;7-6-4-2-1-3-5-6/h1-14H;5-11H,1H2,2-4H3;1-10H;1-9,20H;1-15H;1-7H;1-3H;1-5H/q;+1;;;;;;. The molecule has 19 aromatic carbocycles. The van der Waals surface area contributed by atoms with Crippen LogP contribution in [0.2, 0.25) is 0 Å². The van der Waals surface area contributed by atoms with Crippen LogP contribution in [-0.4, -0.2) is 32.8 Å². The maximum atomic E-state index is 10.3. The summed E-state index contributed by atoms with van der Waals surface area (Å²) in [6.45, 7) is 10.1. The maximum absolute atomic E-state index is 10.3. The Bertz CT molecular complexity index is 9000. The number of hydrogen-bond donors (Lipinski definition) is 1. The van der Waals surface area contributed by atoms with Crippen molar-refractivity contribution in [1.29, 1.82) is 0 Å². The molecule has 1 fully saturated rings. The Labute approximate surface area is 891 Å². The van der Waals surface area contributed by atoms with E-state index in [9.17, 15) is 10.1 Å². The van der Waals surface area contributed by atoms with E-state index in [0.717, 1.165) is 155 Å². The molecule has 7 aromatic heterocycles. The highest BCUT2D eigenvalue weighted by atomic mass is 127. The quantitative estimate of drug-likeness (QED) is 0.0411. The monoisotopic (exact) mass is 2430 g/mol. The number of nitrogens with one attached hydrogen (secondary N) is 1. The fraction of sp³-hybridized carbons (Fsp3) is 0.0417. The second kappa shape index (κ2) is 42.6. The number of nitrogens with zero attached hydrogens (tertiary/aromatic N) is 2. The van der Waals surface area contributed by atoms with Crippen LogP contribution in [0.25, 0.3) is 170 Å². The van der Waals surface area contributed by atoms with Gasteiger partial charge in [-0.2, -0.15) is 0 Å². The van der Waals surface area contributed by atoms with Crippen molar-refractivity contribution in [2.45, 2.75) is 32.0 Å². The smallest absolute Gasteiger partial charge is 0.456 e. The van der Waals surface area contributed by atoms with Gasteiger partial charge in [0, 0.05) is 141 Å². The van der Waals surface area contributed by atoms with E-state index in [0.29, 0.717) is 8.95 Å². The number of aromatic amines is 1. The van der Waals surface area contributed by atoms with Crippen molar-refractivity contribution in [3.63, 3.8) is 0 Å². The molecule has 27 rings (SSSR count). The molecular weight excluding hydrogens is 2360 g/mol. The molecule has 0 amide bonds. The predicted molar refractivity (Wildman–Crippen MR) is 624 cm³/mol. The van der Waals surface area contributed by atoms with Crippen LogP contribution in [0.5, 0.6) is 0 Å². The first kappa shape index (κ1) is 97.0. The average molecular weight is 2440 g/mol. The van der Waals surface area contributed by atoms with Gasteiger partial charge in [-0.3, -0.25) is 10.1 Å². The van der Waals surface area contributed by atoms with Gasteiger partial charge in [0.15, 0.2) is 0 Å². The summed E-state index contributed by atoms with van der Waals surface area (Å²) in [4.78, 5) is 13.4. The zero-order valence-electron chi connectivity index (χ0n) is 76.2. The second-order valence-corrected chi connectivity index (χ2v) is 43.8. The molecule has 22 heteroatoms. The molecule has 0 spiro atoms. The number of hydrogen-bond acceptors (Lipinski definition) is 9. The third-order valence-electron chi connectivity index (χ3n) is 24.9. The lowest BCUT2D eigenvalue weighted by atomic mass is 9.79. The summed E-state index contributed by atoms with van der Waals surface area (Å²) in [7, 11) is -0.867. The van der Waals surface area contributed by atoms with Crippen molar-refractivity contribution in [2.75, 3.05) is 0 Å². The molecule has 1 atom stereocenters. The molecule has 1 saturated heterocycles. The minimum absolute atomic E-state index is 0.0689. The first-order chi connectivity index (χ1) is 69.0. The van der Waals surface area contributed by atoms with E-state index in [1.54, 1.807) is 12.1 Å². The van der Waals surface area contributed by atoms with Gasteiger partial charge in [0.05, 0.1) is 22.9 Å². The molecule has 1 aliphatic rings. The summed E-state index contributed by atoms with van der Waals surface area (Å²) >= 11 is 26.6. The Kier molecular flexibility index (Phi) is 29.1. The fourth-order valence-electron chi connectivity index (χ4n) is 17.6. The van der Waals surface area contributed by atoms with Crippen LogP contribution >= 0.6 is 142 Å². The normalized spacial score (nSPS) is 13.2. The summed E-state index contributed by atoms with van der Waals surface area (Å²) in [6, 6.07) is 144. The van der Waals surface area contributed by atoms with Crippen LogP contribution in [0.1, 0.15) is 20.8 Å². The first-order valence-electron chi connectivity index (χ1n) is 45.4. The van der Waals surface area contributed by atoms with Gasteiger partial charge in [0.25, 0.3) is 5.69 Å². The van der Waals surface area contributed by atoms with Crippen molar-refractivity contribution in [3.05, 3.63) is 477 Å². The maximum Gasteiger partial charge on any atom is 0.498 e. The summed E-state index contributed by atoms with van der Waals surface area (Å²) < 4.78 is 51.9. The van der Waals surface area contributed by atoms with Crippen LogP contribution in [-0.2, 0) is 9.31 Å². The molecule has 694 valence electrons. The molecule has 1 aliphatic heterocycles. The lowest BCUT2D eigenvalue weighted by Gasteiger charge is -2.25. The lowest BCUT2D eigenvalue weighted by Crippen LogP contribution is -2.42. The lowest BCUT2D eigenvalue weighted by molar-refractivity contribution is -0.385. The number of furan rings is 5. The number of benzene rings is 19.